The molecule has 0 unspecified atom stereocenters. The van der Waals surface area contributed by atoms with Gasteiger partial charge in [0.15, 0.2) is 6.10 Å². The Balaban J connectivity index is 1.68. The highest BCUT2D eigenvalue weighted by molar-refractivity contribution is 5.86. The van der Waals surface area contributed by atoms with Crippen molar-refractivity contribution in [3.8, 4) is 5.75 Å². The normalized spacial score (nSPS) is 20.7. The van der Waals surface area contributed by atoms with E-state index >= 15 is 0 Å². The van der Waals surface area contributed by atoms with Crippen molar-refractivity contribution < 1.29 is 14.3 Å². The van der Waals surface area contributed by atoms with Gasteiger partial charge in [-0.15, -0.1) is 0 Å². The molecular weight excluding hydrogens is 306 g/mol. The number of likely N-dealkylation sites (N-methyl/N-ethyl adjacent to an activating group) is 1. The summed E-state index contributed by atoms with van der Waals surface area (Å²) >= 11 is 0. The monoisotopic (exact) mass is 331 g/mol. The molecule has 1 heterocycles. The average molecular weight is 331 g/mol. The zero-order valence-corrected chi connectivity index (χ0v) is 14.1. The van der Waals surface area contributed by atoms with Gasteiger partial charge in [0.25, 0.3) is 5.91 Å². The average Bonchev–Trinajstić information content (AvgIpc) is 2.61. The number of nitrogens with one attached hydrogen (secondary N) is 2. The summed E-state index contributed by atoms with van der Waals surface area (Å²) in [5.41, 5.74) is 0.858. The van der Waals surface area contributed by atoms with Crippen molar-refractivity contribution in [2.45, 2.75) is 44.2 Å². The Morgan fingerprint density at radius 2 is 1.96 bits per heavy atom. The maximum absolute atomic E-state index is 12.4. The van der Waals surface area contributed by atoms with Crippen molar-refractivity contribution in [2.75, 3.05) is 25.0 Å². The fraction of sp³-hybridized carbons (Fsp3) is 0.556. The van der Waals surface area contributed by atoms with Crippen LogP contribution < -0.4 is 20.3 Å². The number of anilines is 1. The summed E-state index contributed by atoms with van der Waals surface area (Å²) in [5, 5.41) is 5.75. The lowest BCUT2D eigenvalue weighted by molar-refractivity contribution is -0.128. The van der Waals surface area contributed by atoms with E-state index in [2.05, 4.69) is 10.6 Å². The van der Waals surface area contributed by atoms with Gasteiger partial charge in [0.05, 0.1) is 18.8 Å². The lowest BCUT2D eigenvalue weighted by Crippen LogP contribution is -2.51. The van der Waals surface area contributed by atoms with Gasteiger partial charge in [0, 0.05) is 13.1 Å². The highest BCUT2D eigenvalue weighted by atomic mass is 16.5. The summed E-state index contributed by atoms with van der Waals surface area (Å²) < 4.78 is 5.76. The van der Waals surface area contributed by atoms with Crippen LogP contribution in [-0.2, 0) is 9.59 Å². The van der Waals surface area contributed by atoms with Crippen LogP contribution in [0.15, 0.2) is 24.3 Å². The van der Waals surface area contributed by atoms with Gasteiger partial charge in [-0.25, -0.2) is 0 Å². The third-order valence-corrected chi connectivity index (χ3v) is 4.70. The summed E-state index contributed by atoms with van der Waals surface area (Å²) in [6, 6.07) is 7.82. The molecule has 2 aliphatic rings. The minimum absolute atomic E-state index is 0.00857. The van der Waals surface area contributed by atoms with Crippen LogP contribution in [0.4, 0.5) is 5.69 Å². The van der Waals surface area contributed by atoms with E-state index < -0.39 is 6.10 Å². The summed E-state index contributed by atoms with van der Waals surface area (Å²) in [6.07, 6.45) is 5.15. The maximum Gasteiger partial charge on any atom is 0.262 e. The lowest BCUT2D eigenvalue weighted by Gasteiger charge is -2.35. The van der Waals surface area contributed by atoms with E-state index in [1.165, 1.54) is 19.3 Å². The summed E-state index contributed by atoms with van der Waals surface area (Å²) in [6.45, 7) is 0.610. The Hall–Kier alpha value is -2.24. The van der Waals surface area contributed by atoms with Crippen LogP contribution >= 0.6 is 0 Å². The molecule has 0 bridgehead atoms. The standard InChI is InChI=1S/C18H25N3O3/c1-19-18(23)16-11-21(14-9-5-6-10-15(14)24-16)12-17(22)20-13-7-3-2-4-8-13/h5-6,9-10,13,16H,2-4,7-8,11-12H2,1H3,(H,19,23)(H,20,22)/t16-/m0/s1. The van der Waals surface area contributed by atoms with E-state index in [1.807, 2.05) is 29.2 Å². The molecule has 1 aromatic rings. The Labute approximate surface area is 142 Å². The largest absolute Gasteiger partial charge is 0.477 e. The van der Waals surface area contributed by atoms with Crippen molar-refractivity contribution in [2.24, 2.45) is 0 Å². The number of hydrogen-bond donors (Lipinski definition) is 2. The Bertz CT molecular complexity index is 599. The van der Waals surface area contributed by atoms with Gasteiger partial charge in [-0.05, 0) is 25.0 Å². The SMILES string of the molecule is CNC(=O)[C@@H]1CN(CC(=O)NC2CCCCC2)c2ccccc2O1. The first-order valence-electron chi connectivity index (χ1n) is 8.69. The first kappa shape index (κ1) is 16.6. The minimum atomic E-state index is -0.604. The molecule has 0 aromatic heterocycles. The zero-order valence-electron chi connectivity index (χ0n) is 14.1. The number of ether oxygens (including phenoxy) is 1. The molecule has 1 saturated carbocycles. The van der Waals surface area contributed by atoms with Crippen molar-refractivity contribution in [1.82, 2.24) is 10.6 Å². The van der Waals surface area contributed by atoms with E-state index in [-0.39, 0.29) is 24.4 Å². The molecule has 1 atom stereocenters. The molecule has 0 radical (unpaired) electrons. The number of carbonyl (C=O) groups excluding carboxylic acids is 2. The molecule has 0 spiro atoms. The van der Waals surface area contributed by atoms with Gasteiger partial charge in [0.1, 0.15) is 5.75 Å². The smallest absolute Gasteiger partial charge is 0.262 e. The summed E-state index contributed by atoms with van der Waals surface area (Å²) in [7, 11) is 1.59. The molecule has 6 heteroatoms. The first-order chi connectivity index (χ1) is 11.7. The molecular formula is C18H25N3O3. The minimum Gasteiger partial charge on any atom is -0.477 e. The van der Waals surface area contributed by atoms with Gasteiger partial charge < -0.3 is 20.3 Å². The fourth-order valence-corrected chi connectivity index (χ4v) is 3.45. The van der Waals surface area contributed by atoms with Crippen molar-refractivity contribution in [3.05, 3.63) is 24.3 Å². The summed E-state index contributed by atoms with van der Waals surface area (Å²) in [4.78, 5) is 26.3. The molecule has 1 aromatic carbocycles. The number of para-hydroxylation sites is 2. The van der Waals surface area contributed by atoms with Crippen LogP contribution in [0.2, 0.25) is 0 Å². The number of fused-ring (bicyclic) bond motifs is 1. The maximum atomic E-state index is 12.4. The van der Waals surface area contributed by atoms with Crippen LogP contribution in [0.25, 0.3) is 0 Å². The van der Waals surface area contributed by atoms with E-state index in [9.17, 15) is 9.59 Å². The molecule has 0 saturated heterocycles. The van der Waals surface area contributed by atoms with Crippen LogP contribution in [-0.4, -0.2) is 44.1 Å². The third-order valence-electron chi connectivity index (χ3n) is 4.70. The van der Waals surface area contributed by atoms with Crippen molar-refractivity contribution in [1.29, 1.82) is 0 Å². The van der Waals surface area contributed by atoms with E-state index in [0.717, 1.165) is 18.5 Å². The first-order valence-corrected chi connectivity index (χ1v) is 8.69. The molecule has 1 aliphatic heterocycles. The quantitative estimate of drug-likeness (QED) is 0.876. The predicted octanol–water partition coefficient (Wildman–Crippen LogP) is 1.45. The summed E-state index contributed by atoms with van der Waals surface area (Å²) in [5.74, 6) is 0.472. The van der Waals surface area contributed by atoms with E-state index in [4.69, 9.17) is 4.74 Å². The fourth-order valence-electron chi connectivity index (χ4n) is 3.45. The number of rotatable bonds is 4. The highest BCUT2D eigenvalue weighted by Gasteiger charge is 2.31. The van der Waals surface area contributed by atoms with Gasteiger partial charge >= 0.3 is 0 Å². The Morgan fingerprint density at radius 1 is 1.21 bits per heavy atom. The third kappa shape index (κ3) is 3.80. The Kier molecular flexibility index (Phi) is 5.23. The van der Waals surface area contributed by atoms with Crippen LogP contribution in [0.3, 0.4) is 0 Å². The van der Waals surface area contributed by atoms with Crippen molar-refractivity contribution >= 4 is 17.5 Å². The highest BCUT2D eigenvalue weighted by Crippen LogP contribution is 2.32. The molecule has 1 fully saturated rings. The number of hydrogen-bond acceptors (Lipinski definition) is 4. The zero-order chi connectivity index (χ0) is 16.9. The number of nitrogens with zero attached hydrogens (tertiary/aromatic N) is 1. The predicted molar refractivity (Wildman–Crippen MR) is 92.2 cm³/mol. The van der Waals surface area contributed by atoms with Gasteiger partial charge in [-0.3, -0.25) is 9.59 Å². The number of benzene rings is 1. The lowest BCUT2D eigenvalue weighted by atomic mass is 9.95. The molecule has 1 aliphatic carbocycles. The van der Waals surface area contributed by atoms with Gasteiger partial charge in [-0.2, -0.15) is 0 Å². The second-order valence-electron chi connectivity index (χ2n) is 6.47. The Morgan fingerprint density at radius 3 is 2.71 bits per heavy atom. The molecule has 2 N–H and O–H groups in total. The number of carbonyl (C=O) groups is 2. The molecule has 6 nitrogen and oxygen atoms in total. The topological polar surface area (TPSA) is 70.7 Å². The van der Waals surface area contributed by atoms with Crippen LogP contribution in [0, 0.1) is 0 Å². The van der Waals surface area contributed by atoms with E-state index in [0.29, 0.717) is 12.3 Å². The van der Waals surface area contributed by atoms with Crippen LogP contribution in [0.1, 0.15) is 32.1 Å². The molecule has 130 valence electrons. The second-order valence-corrected chi connectivity index (χ2v) is 6.47. The van der Waals surface area contributed by atoms with Crippen molar-refractivity contribution in [3.63, 3.8) is 0 Å². The number of amides is 2. The second kappa shape index (κ2) is 7.55. The molecule has 2 amide bonds. The molecule has 3 rings (SSSR count). The van der Waals surface area contributed by atoms with Gasteiger partial charge in [-0.1, -0.05) is 31.4 Å². The van der Waals surface area contributed by atoms with Crippen LogP contribution in [0.5, 0.6) is 5.75 Å². The van der Waals surface area contributed by atoms with Gasteiger partial charge in [0.2, 0.25) is 5.91 Å². The van der Waals surface area contributed by atoms with E-state index in [1.54, 1.807) is 7.05 Å². The molecule has 24 heavy (non-hydrogen) atoms.